The first kappa shape index (κ1) is 20.9. The standard InChI is InChI=1S/C27H29FN2O3/c28-23-12-18(15-29-16-20(17-29)26(31)32)4-7-22(23)25-13-19-5-6-21(14-24(19)33-25)27(8-9-27)30-10-2-1-3-11-30/h4-7,12-14,20H,1-3,8-11,15-17H2,(H,31,32). The van der Waals surface area contributed by atoms with E-state index in [-0.39, 0.29) is 17.3 Å². The lowest BCUT2D eigenvalue weighted by molar-refractivity contribution is -0.147. The van der Waals surface area contributed by atoms with Gasteiger partial charge in [-0.3, -0.25) is 14.6 Å². The van der Waals surface area contributed by atoms with E-state index >= 15 is 0 Å². The average Bonchev–Trinajstić information content (AvgIpc) is 3.49. The van der Waals surface area contributed by atoms with Gasteiger partial charge in [-0.25, -0.2) is 4.39 Å². The molecule has 3 aromatic rings. The first-order valence-corrected chi connectivity index (χ1v) is 12.0. The first-order chi connectivity index (χ1) is 16.0. The maximum Gasteiger partial charge on any atom is 0.309 e. The summed E-state index contributed by atoms with van der Waals surface area (Å²) in [6.07, 6.45) is 6.29. The molecule has 172 valence electrons. The second kappa shape index (κ2) is 7.96. The summed E-state index contributed by atoms with van der Waals surface area (Å²) in [7, 11) is 0. The molecule has 3 aliphatic rings. The predicted octanol–water partition coefficient (Wildman–Crippen LogP) is 5.23. The van der Waals surface area contributed by atoms with Crippen molar-refractivity contribution in [3.8, 4) is 11.3 Å². The van der Waals surface area contributed by atoms with Crippen molar-refractivity contribution in [2.75, 3.05) is 26.2 Å². The number of carboxylic acid groups (broad SMARTS) is 1. The van der Waals surface area contributed by atoms with E-state index in [0.717, 1.165) is 16.5 Å². The van der Waals surface area contributed by atoms with Crippen LogP contribution in [-0.4, -0.2) is 47.1 Å². The molecule has 2 saturated heterocycles. The van der Waals surface area contributed by atoms with Crippen LogP contribution in [0.15, 0.2) is 46.9 Å². The number of rotatable bonds is 6. The summed E-state index contributed by atoms with van der Waals surface area (Å²) in [5, 5.41) is 10.0. The highest BCUT2D eigenvalue weighted by Gasteiger charge is 2.49. The molecule has 5 nitrogen and oxygen atoms in total. The fourth-order valence-corrected chi connectivity index (χ4v) is 5.65. The Kier molecular flexibility index (Phi) is 5.03. The number of hydrogen-bond donors (Lipinski definition) is 1. The molecule has 3 fully saturated rings. The van der Waals surface area contributed by atoms with E-state index in [4.69, 9.17) is 9.52 Å². The van der Waals surface area contributed by atoms with E-state index in [0.29, 0.717) is 31.0 Å². The zero-order chi connectivity index (χ0) is 22.6. The monoisotopic (exact) mass is 448 g/mol. The summed E-state index contributed by atoms with van der Waals surface area (Å²) in [5.74, 6) is -0.832. The van der Waals surface area contributed by atoms with E-state index in [1.165, 1.54) is 56.8 Å². The Bertz CT molecular complexity index is 1200. The SMILES string of the molecule is O=C(O)C1CN(Cc2ccc(-c3cc4ccc(C5(N6CCCCC6)CC5)cc4o3)c(F)c2)C1. The van der Waals surface area contributed by atoms with E-state index in [2.05, 4.69) is 23.1 Å². The largest absolute Gasteiger partial charge is 0.481 e. The molecule has 0 amide bonds. The molecule has 1 aromatic heterocycles. The molecule has 6 heteroatoms. The summed E-state index contributed by atoms with van der Waals surface area (Å²) >= 11 is 0. The fraction of sp³-hybridized carbons (Fsp3) is 0.444. The summed E-state index contributed by atoms with van der Waals surface area (Å²) in [6, 6.07) is 13.6. The maximum atomic E-state index is 15.0. The first-order valence-electron chi connectivity index (χ1n) is 12.0. The van der Waals surface area contributed by atoms with Gasteiger partial charge in [0.15, 0.2) is 0 Å². The maximum absolute atomic E-state index is 15.0. The predicted molar refractivity (Wildman–Crippen MR) is 124 cm³/mol. The topological polar surface area (TPSA) is 56.9 Å². The lowest BCUT2D eigenvalue weighted by atomic mass is 9.98. The Hall–Kier alpha value is -2.70. The normalized spacial score (nSPS) is 21.2. The molecular formula is C27H29FN2O3. The van der Waals surface area contributed by atoms with Crippen LogP contribution < -0.4 is 0 Å². The lowest BCUT2D eigenvalue weighted by Crippen LogP contribution is -2.49. The van der Waals surface area contributed by atoms with E-state index in [9.17, 15) is 9.18 Å². The fourth-order valence-electron chi connectivity index (χ4n) is 5.65. The minimum atomic E-state index is -0.760. The van der Waals surface area contributed by atoms with Gasteiger partial charge in [0, 0.05) is 30.6 Å². The minimum absolute atomic E-state index is 0.172. The van der Waals surface area contributed by atoms with Gasteiger partial charge in [-0.05, 0) is 74.2 Å². The van der Waals surface area contributed by atoms with E-state index in [1.807, 2.05) is 17.0 Å². The molecule has 0 radical (unpaired) electrons. The van der Waals surface area contributed by atoms with Gasteiger partial charge in [-0.1, -0.05) is 24.6 Å². The molecule has 0 spiro atoms. The van der Waals surface area contributed by atoms with E-state index in [1.54, 1.807) is 6.07 Å². The zero-order valence-corrected chi connectivity index (χ0v) is 18.7. The number of halogens is 1. The Balaban J connectivity index is 1.22. The highest BCUT2D eigenvalue weighted by atomic mass is 19.1. The lowest BCUT2D eigenvalue weighted by Gasteiger charge is -2.36. The van der Waals surface area contributed by atoms with Crippen LogP contribution in [0.5, 0.6) is 0 Å². The number of carbonyl (C=O) groups is 1. The number of benzene rings is 2. The van der Waals surface area contributed by atoms with Gasteiger partial charge in [0.25, 0.3) is 0 Å². The van der Waals surface area contributed by atoms with Crippen molar-refractivity contribution in [3.63, 3.8) is 0 Å². The van der Waals surface area contributed by atoms with Crippen LogP contribution in [0, 0.1) is 11.7 Å². The minimum Gasteiger partial charge on any atom is -0.481 e. The highest BCUT2D eigenvalue weighted by Crippen LogP contribution is 2.52. The summed E-state index contributed by atoms with van der Waals surface area (Å²) in [5.41, 5.74) is 3.61. The number of hydrogen-bond acceptors (Lipinski definition) is 4. The second-order valence-electron chi connectivity index (χ2n) is 9.99. The van der Waals surface area contributed by atoms with Gasteiger partial charge in [-0.15, -0.1) is 0 Å². The Morgan fingerprint density at radius 3 is 2.55 bits per heavy atom. The van der Waals surface area contributed by atoms with Crippen LogP contribution in [0.2, 0.25) is 0 Å². The number of carboxylic acids is 1. The molecule has 2 aliphatic heterocycles. The third kappa shape index (κ3) is 3.75. The quantitative estimate of drug-likeness (QED) is 0.560. The Morgan fingerprint density at radius 1 is 1.06 bits per heavy atom. The summed E-state index contributed by atoms with van der Waals surface area (Å²) in [4.78, 5) is 15.6. The Labute approximate surface area is 192 Å². The molecule has 0 unspecified atom stereocenters. The number of likely N-dealkylation sites (tertiary alicyclic amines) is 2. The molecule has 1 N–H and O–H groups in total. The molecular weight excluding hydrogens is 419 g/mol. The number of nitrogens with zero attached hydrogens (tertiary/aromatic N) is 2. The van der Waals surface area contributed by atoms with Crippen molar-refractivity contribution in [1.82, 2.24) is 9.80 Å². The molecule has 33 heavy (non-hydrogen) atoms. The molecule has 1 aliphatic carbocycles. The van der Waals surface area contributed by atoms with Crippen LogP contribution in [0.4, 0.5) is 4.39 Å². The molecule has 6 rings (SSSR count). The molecule has 1 saturated carbocycles. The van der Waals surface area contributed by atoms with Crippen LogP contribution in [0.3, 0.4) is 0 Å². The van der Waals surface area contributed by atoms with Crippen molar-refractivity contribution in [3.05, 3.63) is 59.4 Å². The van der Waals surface area contributed by atoms with Gasteiger partial charge in [0.05, 0.1) is 11.5 Å². The number of piperidine rings is 1. The van der Waals surface area contributed by atoms with Gasteiger partial charge < -0.3 is 9.52 Å². The van der Waals surface area contributed by atoms with Gasteiger partial charge in [0.2, 0.25) is 0 Å². The van der Waals surface area contributed by atoms with Crippen molar-refractivity contribution < 1.29 is 18.7 Å². The molecule has 2 aromatic carbocycles. The second-order valence-corrected chi connectivity index (χ2v) is 9.99. The molecule has 0 atom stereocenters. The average molecular weight is 449 g/mol. The van der Waals surface area contributed by atoms with Crippen molar-refractivity contribution >= 4 is 16.9 Å². The third-order valence-electron chi connectivity index (χ3n) is 7.75. The number of aliphatic carboxylic acids is 1. The summed E-state index contributed by atoms with van der Waals surface area (Å²) < 4.78 is 21.1. The summed E-state index contributed by atoms with van der Waals surface area (Å²) in [6.45, 7) is 3.94. The smallest absolute Gasteiger partial charge is 0.309 e. The van der Waals surface area contributed by atoms with Gasteiger partial charge in [-0.2, -0.15) is 0 Å². The Morgan fingerprint density at radius 2 is 1.85 bits per heavy atom. The third-order valence-corrected chi connectivity index (χ3v) is 7.75. The number of fused-ring (bicyclic) bond motifs is 1. The van der Waals surface area contributed by atoms with Crippen molar-refractivity contribution in [1.29, 1.82) is 0 Å². The molecule has 0 bridgehead atoms. The van der Waals surface area contributed by atoms with E-state index < -0.39 is 5.97 Å². The molecule has 3 heterocycles. The van der Waals surface area contributed by atoms with Gasteiger partial charge in [0.1, 0.15) is 17.2 Å². The van der Waals surface area contributed by atoms with Crippen LogP contribution in [0.25, 0.3) is 22.3 Å². The number of furan rings is 1. The van der Waals surface area contributed by atoms with Crippen LogP contribution in [-0.2, 0) is 16.9 Å². The van der Waals surface area contributed by atoms with Crippen molar-refractivity contribution in [2.24, 2.45) is 5.92 Å². The van der Waals surface area contributed by atoms with Crippen molar-refractivity contribution in [2.45, 2.75) is 44.2 Å². The van der Waals surface area contributed by atoms with Crippen LogP contribution >= 0.6 is 0 Å². The van der Waals surface area contributed by atoms with Gasteiger partial charge >= 0.3 is 5.97 Å². The van der Waals surface area contributed by atoms with Crippen LogP contribution in [0.1, 0.15) is 43.2 Å². The zero-order valence-electron chi connectivity index (χ0n) is 18.7. The highest BCUT2D eigenvalue weighted by molar-refractivity contribution is 5.84.